The smallest absolute Gasteiger partial charge is 0.222 e. The Balaban J connectivity index is 3.08. The highest BCUT2D eigenvalue weighted by molar-refractivity contribution is 5.60. The van der Waals surface area contributed by atoms with E-state index >= 15 is 0 Å². The van der Waals surface area contributed by atoms with Crippen LogP contribution in [0.25, 0.3) is 6.08 Å². The number of aromatic hydroxyl groups is 2. The van der Waals surface area contributed by atoms with Gasteiger partial charge in [0.05, 0.1) is 0 Å². The Hall–Kier alpha value is -2.03. The first kappa shape index (κ1) is 11.0. The number of quaternary nitrogens is 1. The van der Waals surface area contributed by atoms with E-state index in [4.69, 9.17) is 15.5 Å². The fourth-order valence-electron chi connectivity index (χ4n) is 1.01. The molecule has 0 aliphatic rings. The van der Waals surface area contributed by atoms with Gasteiger partial charge in [-0.2, -0.15) is 5.26 Å². The number of phenols is 2. The number of nitriles is 1. The molecule has 0 aliphatic heterocycles. The minimum absolute atomic E-state index is 0.0834. The molecular formula is C10H11N2O3+. The van der Waals surface area contributed by atoms with Crippen LogP contribution in [0.2, 0.25) is 0 Å². The van der Waals surface area contributed by atoms with E-state index in [1.165, 1.54) is 24.3 Å². The molecule has 1 aromatic carbocycles. The molecule has 0 aliphatic carbocycles. The maximum Gasteiger partial charge on any atom is 0.222 e. The highest BCUT2D eigenvalue weighted by Gasteiger charge is 2.08. The molecular weight excluding hydrogens is 196 g/mol. The second-order valence-corrected chi connectivity index (χ2v) is 2.98. The van der Waals surface area contributed by atoms with E-state index < -0.39 is 6.23 Å². The van der Waals surface area contributed by atoms with Crippen molar-refractivity contribution in [3.8, 4) is 17.6 Å². The van der Waals surface area contributed by atoms with Crippen molar-refractivity contribution in [2.45, 2.75) is 6.23 Å². The molecule has 1 atom stereocenters. The predicted octanol–water partition coefficient (Wildman–Crippen LogP) is -0.435. The first-order valence-electron chi connectivity index (χ1n) is 4.19. The molecule has 5 heteroatoms. The lowest BCUT2D eigenvalue weighted by molar-refractivity contribution is -0.465. The third kappa shape index (κ3) is 2.71. The number of rotatable bonds is 2. The van der Waals surface area contributed by atoms with Gasteiger partial charge in [-0.25, -0.2) is 0 Å². The molecule has 1 aromatic rings. The fraction of sp³-hybridized carbons (Fsp3) is 0.100. The van der Waals surface area contributed by atoms with Crippen molar-refractivity contribution in [2.75, 3.05) is 0 Å². The Kier molecular flexibility index (Phi) is 3.29. The Morgan fingerprint density at radius 1 is 1.40 bits per heavy atom. The van der Waals surface area contributed by atoms with Crippen LogP contribution in [0.3, 0.4) is 0 Å². The van der Waals surface area contributed by atoms with Gasteiger partial charge in [-0.3, -0.25) is 0 Å². The van der Waals surface area contributed by atoms with Crippen LogP contribution in [0.5, 0.6) is 11.5 Å². The van der Waals surface area contributed by atoms with Gasteiger partial charge in [0, 0.05) is 0 Å². The molecule has 0 amide bonds. The average molecular weight is 207 g/mol. The molecule has 0 bridgehead atoms. The number of phenolic OH excluding ortho intramolecular Hbond substituents is 2. The van der Waals surface area contributed by atoms with Crippen LogP contribution in [0, 0.1) is 11.3 Å². The number of hydrogen-bond acceptors (Lipinski definition) is 4. The molecule has 15 heavy (non-hydrogen) atoms. The number of nitrogens with zero attached hydrogens (tertiary/aromatic N) is 1. The summed E-state index contributed by atoms with van der Waals surface area (Å²) in [6.07, 6.45) is 0.280. The number of hydrogen-bond donors (Lipinski definition) is 4. The molecule has 0 aromatic heterocycles. The van der Waals surface area contributed by atoms with Crippen LogP contribution < -0.4 is 5.73 Å². The van der Waals surface area contributed by atoms with Crippen LogP contribution in [0.1, 0.15) is 5.56 Å². The van der Waals surface area contributed by atoms with E-state index in [9.17, 15) is 5.11 Å². The van der Waals surface area contributed by atoms with Gasteiger partial charge in [0.1, 0.15) is 11.6 Å². The summed E-state index contributed by atoms with van der Waals surface area (Å²) in [5.41, 5.74) is 3.89. The second kappa shape index (κ2) is 4.46. The zero-order valence-corrected chi connectivity index (χ0v) is 7.88. The fourth-order valence-corrected chi connectivity index (χ4v) is 1.01. The Bertz CT molecular complexity index is 433. The van der Waals surface area contributed by atoms with Gasteiger partial charge in [0.15, 0.2) is 11.5 Å². The summed E-state index contributed by atoms with van der Waals surface area (Å²) >= 11 is 0. The summed E-state index contributed by atoms with van der Waals surface area (Å²) in [6, 6.07) is 5.88. The Morgan fingerprint density at radius 3 is 2.53 bits per heavy atom. The Morgan fingerprint density at radius 2 is 2.07 bits per heavy atom. The van der Waals surface area contributed by atoms with E-state index in [1.54, 1.807) is 6.07 Å². The lowest BCUT2D eigenvalue weighted by Gasteiger charge is -2.01. The van der Waals surface area contributed by atoms with Crippen molar-refractivity contribution >= 4 is 6.08 Å². The van der Waals surface area contributed by atoms with Gasteiger partial charge in [-0.1, -0.05) is 6.07 Å². The molecule has 0 heterocycles. The molecule has 0 spiro atoms. The van der Waals surface area contributed by atoms with Crippen LogP contribution in [0.15, 0.2) is 23.8 Å². The molecule has 0 saturated heterocycles. The largest absolute Gasteiger partial charge is 0.504 e. The third-order valence-corrected chi connectivity index (χ3v) is 1.81. The van der Waals surface area contributed by atoms with Crippen molar-refractivity contribution in [2.24, 2.45) is 0 Å². The van der Waals surface area contributed by atoms with E-state index in [2.05, 4.69) is 5.73 Å². The lowest BCUT2D eigenvalue weighted by atomic mass is 10.1. The molecule has 1 rings (SSSR count). The summed E-state index contributed by atoms with van der Waals surface area (Å²) in [5, 5.41) is 36.0. The van der Waals surface area contributed by atoms with Crippen LogP contribution in [-0.2, 0) is 0 Å². The van der Waals surface area contributed by atoms with E-state index in [-0.39, 0.29) is 17.1 Å². The van der Waals surface area contributed by atoms with E-state index in [0.29, 0.717) is 5.56 Å². The summed E-state index contributed by atoms with van der Waals surface area (Å²) in [4.78, 5) is 0. The van der Waals surface area contributed by atoms with Crippen molar-refractivity contribution in [3.05, 3.63) is 29.3 Å². The van der Waals surface area contributed by atoms with Crippen molar-refractivity contribution in [3.63, 3.8) is 0 Å². The second-order valence-electron chi connectivity index (χ2n) is 2.98. The Labute approximate surface area is 86.3 Å². The molecule has 0 fully saturated rings. The molecule has 6 N–H and O–H groups in total. The SMILES string of the molecule is N#C/C(=C\c1ccc(O)c(O)c1)[C@H]([NH3+])O. The lowest BCUT2D eigenvalue weighted by Crippen LogP contribution is -2.61. The number of aliphatic hydroxyl groups is 1. The molecule has 0 radical (unpaired) electrons. The maximum absolute atomic E-state index is 9.18. The van der Waals surface area contributed by atoms with E-state index in [1.807, 2.05) is 0 Å². The third-order valence-electron chi connectivity index (χ3n) is 1.81. The zero-order valence-electron chi connectivity index (χ0n) is 7.88. The van der Waals surface area contributed by atoms with Crippen molar-refractivity contribution < 1.29 is 21.1 Å². The van der Waals surface area contributed by atoms with Gasteiger partial charge in [0.25, 0.3) is 0 Å². The zero-order chi connectivity index (χ0) is 11.4. The number of benzene rings is 1. The van der Waals surface area contributed by atoms with Gasteiger partial charge in [0.2, 0.25) is 6.23 Å². The highest BCUT2D eigenvalue weighted by Crippen LogP contribution is 2.25. The minimum atomic E-state index is -1.11. The first-order chi connectivity index (χ1) is 7.04. The summed E-state index contributed by atoms with van der Waals surface area (Å²) in [6.45, 7) is 0. The normalized spacial score (nSPS) is 13.3. The standard InChI is InChI=1S/C10H10N2O3/c11-5-7(10(12)15)3-6-1-2-8(13)9(14)4-6/h1-4,10,13-15H,12H2/p+1/b7-3+/t10-/m1/s1. The van der Waals surface area contributed by atoms with Crippen LogP contribution in [0.4, 0.5) is 0 Å². The summed E-state index contributed by atoms with van der Waals surface area (Å²) in [5.74, 6) is -0.513. The molecule has 78 valence electrons. The van der Waals surface area contributed by atoms with Gasteiger partial charge in [-0.15, -0.1) is 0 Å². The molecule has 5 nitrogen and oxygen atoms in total. The van der Waals surface area contributed by atoms with Gasteiger partial charge >= 0.3 is 0 Å². The van der Waals surface area contributed by atoms with Crippen molar-refractivity contribution in [1.29, 1.82) is 5.26 Å². The van der Waals surface area contributed by atoms with E-state index in [0.717, 1.165) is 0 Å². The average Bonchev–Trinajstić information content (AvgIpc) is 2.19. The monoisotopic (exact) mass is 207 g/mol. The predicted molar refractivity (Wildman–Crippen MR) is 52.3 cm³/mol. The van der Waals surface area contributed by atoms with Crippen molar-refractivity contribution in [1.82, 2.24) is 0 Å². The minimum Gasteiger partial charge on any atom is -0.504 e. The summed E-state index contributed by atoms with van der Waals surface area (Å²) in [7, 11) is 0. The van der Waals surface area contributed by atoms with Crippen LogP contribution >= 0.6 is 0 Å². The maximum atomic E-state index is 9.18. The van der Waals surface area contributed by atoms with Gasteiger partial charge in [-0.05, 0) is 23.8 Å². The quantitative estimate of drug-likeness (QED) is 0.299. The molecule has 0 unspecified atom stereocenters. The number of aliphatic hydroxyl groups excluding tert-OH is 1. The highest BCUT2D eigenvalue weighted by atomic mass is 16.3. The van der Waals surface area contributed by atoms with Crippen LogP contribution in [-0.4, -0.2) is 21.5 Å². The topological polar surface area (TPSA) is 112 Å². The first-order valence-corrected chi connectivity index (χ1v) is 4.19. The summed E-state index contributed by atoms with van der Waals surface area (Å²) < 4.78 is 0. The van der Waals surface area contributed by atoms with Gasteiger partial charge < -0.3 is 21.1 Å². The molecule has 0 saturated carbocycles.